The molecule has 160 valence electrons. The number of hydrogen-bond acceptors (Lipinski definition) is 3. The third kappa shape index (κ3) is 6.27. The molecule has 3 aromatic carbocycles. The Morgan fingerprint density at radius 2 is 1.48 bits per heavy atom. The van der Waals surface area contributed by atoms with Gasteiger partial charge in [0.1, 0.15) is 0 Å². The van der Waals surface area contributed by atoms with Gasteiger partial charge in [-0.05, 0) is 16.7 Å². The van der Waals surface area contributed by atoms with Crippen LogP contribution >= 0.6 is 0 Å². The maximum absolute atomic E-state index is 12.8. The lowest BCUT2D eigenvalue weighted by Gasteiger charge is -2.33. The molecule has 0 bridgehead atoms. The molecule has 1 aliphatic heterocycles. The Bertz CT molecular complexity index is 892. The third-order valence-corrected chi connectivity index (χ3v) is 5.79. The quantitative estimate of drug-likeness (QED) is 0.600. The molecule has 1 amide bonds. The largest absolute Gasteiger partial charge is 0.374 e. The Balaban J connectivity index is 1.32. The molecule has 4 heteroatoms. The molecule has 1 heterocycles. The molecule has 0 aromatic heterocycles. The zero-order chi connectivity index (χ0) is 21.3. The van der Waals surface area contributed by atoms with E-state index in [1.807, 2.05) is 42.5 Å². The van der Waals surface area contributed by atoms with E-state index in [2.05, 4.69) is 58.7 Å². The van der Waals surface area contributed by atoms with E-state index in [-0.39, 0.29) is 17.9 Å². The van der Waals surface area contributed by atoms with Gasteiger partial charge in [0, 0.05) is 38.5 Å². The normalized spacial score (nSPS) is 16.9. The zero-order valence-electron chi connectivity index (χ0n) is 17.8. The number of amides is 1. The second-order valence-electron chi connectivity index (χ2n) is 8.10. The fraction of sp³-hybridized carbons (Fsp3) is 0.296. The number of hydrogen-bond donors (Lipinski definition) is 1. The molecule has 1 atom stereocenters. The molecular weight excluding hydrogens is 384 g/mol. The highest BCUT2D eigenvalue weighted by molar-refractivity contribution is 5.77. The average Bonchev–Trinajstić information content (AvgIpc) is 2.83. The van der Waals surface area contributed by atoms with Crippen LogP contribution in [0.2, 0.25) is 0 Å². The molecule has 0 unspecified atom stereocenters. The first-order valence-electron chi connectivity index (χ1n) is 11.0. The van der Waals surface area contributed by atoms with Crippen molar-refractivity contribution in [1.29, 1.82) is 0 Å². The van der Waals surface area contributed by atoms with Crippen LogP contribution in [-0.4, -0.2) is 43.2 Å². The second kappa shape index (κ2) is 10.9. The van der Waals surface area contributed by atoms with Gasteiger partial charge in [-0.1, -0.05) is 91.0 Å². The van der Waals surface area contributed by atoms with Crippen molar-refractivity contribution in [2.24, 2.45) is 0 Å². The number of nitrogens with one attached hydrogen (secondary N) is 1. The third-order valence-electron chi connectivity index (χ3n) is 5.79. The number of carbonyl (C=O) groups excluding carboxylic acids is 1. The van der Waals surface area contributed by atoms with Crippen LogP contribution in [0.25, 0.3) is 0 Å². The molecule has 0 radical (unpaired) electrons. The van der Waals surface area contributed by atoms with Crippen LogP contribution in [-0.2, 0) is 16.1 Å². The molecule has 3 aromatic rings. The van der Waals surface area contributed by atoms with Gasteiger partial charge in [-0.2, -0.15) is 0 Å². The summed E-state index contributed by atoms with van der Waals surface area (Å²) in [6.45, 7) is 3.91. The van der Waals surface area contributed by atoms with Crippen molar-refractivity contribution in [2.75, 3.05) is 26.2 Å². The number of rotatable bonds is 8. The van der Waals surface area contributed by atoms with Crippen molar-refractivity contribution in [1.82, 2.24) is 10.2 Å². The standard InChI is InChI=1S/C27H30N2O2/c30-27(18-26(23-12-6-2-7-13-23)24-14-8-3-9-15-24)28-19-25-21-29(16-17-31-25)20-22-10-4-1-5-11-22/h1-15,25-26H,16-21H2,(H,28,30)/t25-/m0/s1. The Labute approximate surface area is 184 Å². The van der Waals surface area contributed by atoms with Crippen LogP contribution in [0, 0.1) is 0 Å². The van der Waals surface area contributed by atoms with Crippen LogP contribution in [0.4, 0.5) is 0 Å². The first kappa shape index (κ1) is 21.3. The number of ether oxygens (including phenoxy) is 1. The molecule has 1 saturated heterocycles. The molecule has 1 N–H and O–H groups in total. The Morgan fingerprint density at radius 1 is 0.903 bits per heavy atom. The van der Waals surface area contributed by atoms with Crippen molar-refractivity contribution < 1.29 is 9.53 Å². The van der Waals surface area contributed by atoms with E-state index in [4.69, 9.17) is 4.74 Å². The summed E-state index contributed by atoms with van der Waals surface area (Å²) in [4.78, 5) is 15.2. The summed E-state index contributed by atoms with van der Waals surface area (Å²) in [5.74, 6) is 0.103. The minimum absolute atomic E-state index is 0.0216. The van der Waals surface area contributed by atoms with Gasteiger partial charge in [0.25, 0.3) is 0 Å². The Hall–Kier alpha value is -2.95. The topological polar surface area (TPSA) is 41.6 Å². The van der Waals surface area contributed by atoms with Crippen LogP contribution < -0.4 is 5.32 Å². The smallest absolute Gasteiger partial charge is 0.221 e. The van der Waals surface area contributed by atoms with Crippen LogP contribution in [0.15, 0.2) is 91.0 Å². The lowest BCUT2D eigenvalue weighted by molar-refractivity contribution is -0.122. The maximum atomic E-state index is 12.8. The van der Waals surface area contributed by atoms with E-state index < -0.39 is 0 Å². The van der Waals surface area contributed by atoms with Crippen molar-refractivity contribution in [2.45, 2.75) is 25.0 Å². The fourth-order valence-corrected chi connectivity index (χ4v) is 4.17. The fourth-order valence-electron chi connectivity index (χ4n) is 4.17. The zero-order valence-corrected chi connectivity index (χ0v) is 17.8. The summed E-state index contributed by atoms with van der Waals surface area (Å²) >= 11 is 0. The predicted molar refractivity (Wildman–Crippen MR) is 124 cm³/mol. The van der Waals surface area contributed by atoms with Gasteiger partial charge in [0.15, 0.2) is 0 Å². The van der Waals surface area contributed by atoms with Crippen molar-refractivity contribution in [3.8, 4) is 0 Å². The van der Waals surface area contributed by atoms with Crippen LogP contribution in [0.5, 0.6) is 0 Å². The first-order chi connectivity index (χ1) is 15.3. The van der Waals surface area contributed by atoms with Gasteiger partial charge >= 0.3 is 0 Å². The molecule has 4 nitrogen and oxygen atoms in total. The highest BCUT2D eigenvalue weighted by atomic mass is 16.5. The average molecular weight is 415 g/mol. The predicted octanol–water partition coefficient (Wildman–Crippen LogP) is 4.23. The molecule has 1 fully saturated rings. The van der Waals surface area contributed by atoms with E-state index in [1.54, 1.807) is 0 Å². The summed E-state index contributed by atoms with van der Waals surface area (Å²) < 4.78 is 5.91. The maximum Gasteiger partial charge on any atom is 0.221 e. The number of carbonyl (C=O) groups is 1. The molecule has 31 heavy (non-hydrogen) atoms. The molecule has 0 spiro atoms. The SMILES string of the molecule is O=C(CC(c1ccccc1)c1ccccc1)NC[C@H]1CN(Cc2ccccc2)CCO1. The van der Waals surface area contributed by atoms with E-state index in [1.165, 1.54) is 5.56 Å². The van der Waals surface area contributed by atoms with Gasteiger partial charge in [-0.3, -0.25) is 9.69 Å². The van der Waals surface area contributed by atoms with Crippen LogP contribution in [0.1, 0.15) is 29.0 Å². The van der Waals surface area contributed by atoms with Gasteiger partial charge < -0.3 is 10.1 Å². The second-order valence-corrected chi connectivity index (χ2v) is 8.10. The summed E-state index contributed by atoms with van der Waals surface area (Å²) in [5, 5.41) is 3.12. The summed E-state index contributed by atoms with van der Waals surface area (Å²) in [5.41, 5.74) is 3.62. The van der Waals surface area contributed by atoms with E-state index in [9.17, 15) is 4.79 Å². The molecule has 1 aliphatic rings. The first-order valence-corrected chi connectivity index (χ1v) is 11.0. The number of nitrogens with zero attached hydrogens (tertiary/aromatic N) is 1. The van der Waals surface area contributed by atoms with Gasteiger partial charge in [-0.25, -0.2) is 0 Å². The Kier molecular flexibility index (Phi) is 7.48. The van der Waals surface area contributed by atoms with Crippen molar-refractivity contribution in [3.05, 3.63) is 108 Å². The minimum atomic E-state index is 0.0216. The lowest BCUT2D eigenvalue weighted by Crippen LogP contribution is -2.47. The molecule has 0 aliphatic carbocycles. The van der Waals surface area contributed by atoms with E-state index >= 15 is 0 Å². The lowest BCUT2D eigenvalue weighted by atomic mass is 9.88. The highest BCUT2D eigenvalue weighted by Gasteiger charge is 2.22. The number of morpholine rings is 1. The summed E-state index contributed by atoms with van der Waals surface area (Å²) in [6.07, 6.45) is 0.447. The number of benzene rings is 3. The van der Waals surface area contributed by atoms with Gasteiger partial charge in [0.2, 0.25) is 5.91 Å². The van der Waals surface area contributed by atoms with Crippen molar-refractivity contribution in [3.63, 3.8) is 0 Å². The van der Waals surface area contributed by atoms with Crippen molar-refractivity contribution >= 4 is 5.91 Å². The monoisotopic (exact) mass is 414 g/mol. The Morgan fingerprint density at radius 3 is 2.10 bits per heavy atom. The molecule has 4 rings (SSSR count). The van der Waals surface area contributed by atoms with E-state index in [0.29, 0.717) is 19.6 Å². The molecule has 0 saturated carbocycles. The van der Waals surface area contributed by atoms with Gasteiger partial charge in [0.05, 0.1) is 12.7 Å². The van der Waals surface area contributed by atoms with E-state index in [0.717, 1.165) is 30.8 Å². The highest BCUT2D eigenvalue weighted by Crippen LogP contribution is 2.27. The molecular formula is C27H30N2O2. The summed E-state index contributed by atoms with van der Waals surface area (Å²) in [7, 11) is 0. The van der Waals surface area contributed by atoms with Gasteiger partial charge in [-0.15, -0.1) is 0 Å². The summed E-state index contributed by atoms with van der Waals surface area (Å²) in [6, 6.07) is 31.0. The van der Waals surface area contributed by atoms with Crippen LogP contribution in [0.3, 0.4) is 0 Å². The minimum Gasteiger partial charge on any atom is -0.374 e.